The Morgan fingerprint density at radius 2 is 1.06 bits per heavy atom. The summed E-state index contributed by atoms with van der Waals surface area (Å²) >= 11 is 0. The van der Waals surface area contributed by atoms with Crippen molar-refractivity contribution in [1.82, 2.24) is 0 Å². The fourth-order valence-electron chi connectivity index (χ4n) is 1.26. The first-order chi connectivity index (χ1) is 8.04. The third-order valence-corrected chi connectivity index (χ3v) is 2.03. The highest BCUT2D eigenvalue weighted by atomic mass is 16.4. The Labute approximate surface area is 103 Å². The lowest BCUT2D eigenvalue weighted by Crippen LogP contribution is -1.94. The predicted molar refractivity (Wildman–Crippen MR) is 66.9 cm³/mol. The highest BCUT2D eigenvalue weighted by Crippen LogP contribution is 2.08. The van der Waals surface area contributed by atoms with Gasteiger partial charge in [0.05, 0.1) is 0 Å². The number of aliphatic carboxylic acids is 2. The Kier molecular flexibility index (Phi) is 16.0. The van der Waals surface area contributed by atoms with E-state index in [9.17, 15) is 9.59 Å². The van der Waals surface area contributed by atoms with Gasteiger partial charge in [-0.05, 0) is 19.4 Å². The fourth-order valence-corrected chi connectivity index (χ4v) is 1.26. The lowest BCUT2D eigenvalue weighted by Gasteiger charge is -1.98. The number of hydrogen-bond donors (Lipinski definition) is 3. The van der Waals surface area contributed by atoms with E-state index in [1.54, 1.807) is 0 Å². The number of carboxylic acid groups (broad SMARTS) is 2. The Morgan fingerprint density at radius 3 is 1.29 bits per heavy atom. The van der Waals surface area contributed by atoms with Crippen molar-refractivity contribution < 1.29 is 19.8 Å². The van der Waals surface area contributed by atoms with E-state index in [0.29, 0.717) is 0 Å². The van der Waals surface area contributed by atoms with Crippen LogP contribution in [0.25, 0.3) is 0 Å². The van der Waals surface area contributed by atoms with Crippen molar-refractivity contribution in [2.24, 2.45) is 5.73 Å². The number of hydrogen-bond acceptors (Lipinski definition) is 3. The van der Waals surface area contributed by atoms with Crippen molar-refractivity contribution in [2.75, 3.05) is 6.54 Å². The van der Waals surface area contributed by atoms with Gasteiger partial charge in [-0.3, -0.25) is 9.59 Å². The van der Waals surface area contributed by atoms with Crippen molar-refractivity contribution >= 4 is 11.9 Å². The minimum Gasteiger partial charge on any atom is -0.481 e. The molecule has 0 aliphatic heterocycles. The van der Waals surface area contributed by atoms with Crippen LogP contribution in [0.2, 0.25) is 0 Å². The van der Waals surface area contributed by atoms with Crippen LogP contribution < -0.4 is 5.73 Å². The third kappa shape index (κ3) is 25.3. The second-order valence-corrected chi connectivity index (χ2v) is 3.82. The van der Waals surface area contributed by atoms with Crippen molar-refractivity contribution in [3.8, 4) is 0 Å². The first-order valence-corrected chi connectivity index (χ1v) is 6.18. The molecule has 0 aromatic rings. The minimum atomic E-state index is -0.740. The standard InChI is InChI=1S/C10H18O4.C2H7N/c11-9(12)7-5-3-1-2-4-6-8-10(13)14;1-2-3/h1-8H2,(H,11,12)(H,13,14);2-3H2,1H3. The molecule has 0 saturated carbocycles. The number of carbonyl (C=O) groups is 2. The number of unbranched alkanes of at least 4 members (excludes halogenated alkanes) is 5. The van der Waals surface area contributed by atoms with Gasteiger partial charge < -0.3 is 15.9 Å². The maximum Gasteiger partial charge on any atom is 0.303 e. The molecule has 0 atom stereocenters. The molecule has 0 aromatic heterocycles. The van der Waals surface area contributed by atoms with Crippen molar-refractivity contribution in [1.29, 1.82) is 0 Å². The summed E-state index contributed by atoms with van der Waals surface area (Å²) in [6.45, 7) is 2.65. The molecule has 0 aliphatic carbocycles. The van der Waals surface area contributed by atoms with Gasteiger partial charge in [-0.25, -0.2) is 0 Å². The highest BCUT2D eigenvalue weighted by molar-refractivity contribution is 5.66. The number of nitrogens with two attached hydrogens (primary N) is 1. The van der Waals surface area contributed by atoms with Gasteiger partial charge in [0.15, 0.2) is 0 Å². The summed E-state index contributed by atoms with van der Waals surface area (Å²) in [5.41, 5.74) is 4.85. The largest absolute Gasteiger partial charge is 0.481 e. The monoisotopic (exact) mass is 247 g/mol. The summed E-state index contributed by atoms with van der Waals surface area (Å²) in [5.74, 6) is -1.48. The van der Waals surface area contributed by atoms with E-state index in [4.69, 9.17) is 15.9 Å². The quantitative estimate of drug-likeness (QED) is 0.542. The summed E-state index contributed by atoms with van der Waals surface area (Å²) in [7, 11) is 0. The van der Waals surface area contributed by atoms with Gasteiger partial charge in [-0.2, -0.15) is 0 Å². The summed E-state index contributed by atoms with van der Waals surface area (Å²) < 4.78 is 0. The Hall–Kier alpha value is -1.10. The van der Waals surface area contributed by atoms with Gasteiger partial charge in [-0.15, -0.1) is 0 Å². The van der Waals surface area contributed by atoms with E-state index in [2.05, 4.69) is 0 Å². The summed E-state index contributed by atoms with van der Waals surface area (Å²) in [4.78, 5) is 20.3. The van der Waals surface area contributed by atoms with Crippen LogP contribution in [-0.4, -0.2) is 28.7 Å². The average Bonchev–Trinajstić information content (AvgIpc) is 2.22. The molecule has 0 spiro atoms. The van der Waals surface area contributed by atoms with Crippen LogP contribution >= 0.6 is 0 Å². The SMILES string of the molecule is CCN.O=C(O)CCCCCCCCC(=O)O. The molecule has 17 heavy (non-hydrogen) atoms. The van der Waals surface area contributed by atoms with Gasteiger partial charge in [-0.1, -0.05) is 32.6 Å². The van der Waals surface area contributed by atoms with Gasteiger partial charge >= 0.3 is 11.9 Å². The molecule has 5 nitrogen and oxygen atoms in total. The van der Waals surface area contributed by atoms with E-state index in [1.807, 2.05) is 6.92 Å². The maximum atomic E-state index is 10.1. The van der Waals surface area contributed by atoms with E-state index in [-0.39, 0.29) is 12.8 Å². The Balaban J connectivity index is 0. The predicted octanol–water partition coefficient (Wildman–Crippen LogP) is 2.24. The summed E-state index contributed by atoms with van der Waals surface area (Å²) in [6, 6.07) is 0. The highest BCUT2D eigenvalue weighted by Gasteiger charge is 1.98. The van der Waals surface area contributed by atoms with Crippen LogP contribution in [0, 0.1) is 0 Å². The Bertz CT molecular complexity index is 175. The van der Waals surface area contributed by atoms with Crippen molar-refractivity contribution in [2.45, 2.75) is 58.3 Å². The summed E-state index contributed by atoms with van der Waals surface area (Å²) in [5, 5.41) is 16.7. The van der Waals surface area contributed by atoms with Crippen LogP contribution in [0.1, 0.15) is 58.3 Å². The molecule has 0 bridgehead atoms. The van der Waals surface area contributed by atoms with Gasteiger partial charge in [0, 0.05) is 12.8 Å². The minimum absolute atomic E-state index is 0.245. The van der Waals surface area contributed by atoms with Crippen LogP contribution in [0.3, 0.4) is 0 Å². The number of rotatable bonds is 9. The average molecular weight is 247 g/mol. The third-order valence-electron chi connectivity index (χ3n) is 2.03. The lowest BCUT2D eigenvalue weighted by molar-refractivity contribution is -0.138. The molecule has 0 rings (SSSR count). The molecule has 0 amide bonds. The van der Waals surface area contributed by atoms with Crippen molar-refractivity contribution in [3.05, 3.63) is 0 Å². The molecule has 102 valence electrons. The molecule has 0 aromatic carbocycles. The molecule has 0 radical (unpaired) electrons. The molecule has 0 fully saturated rings. The second kappa shape index (κ2) is 14.9. The smallest absolute Gasteiger partial charge is 0.303 e. The van der Waals surface area contributed by atoms with E-state index >= 15 is 0 Å². The van der Waals surface area contributed by atoms with Crippen LogP contribution in [0.15, 0.2) is 0 Å². The molecular weight excluding hydrogens is 222 g/mol. The summed E-state index contributed by atoms with van der Waals surface area (Å²) in [6.07, 6.45) is 5.82. The van der Waals surface area contributed by atoms with Crippen LogP contribution in [0.5, 0.6) is 0 Å². The fraction of sp³-hybridized carbons (Fsp3) is 0.833. The van der Waals surface area contributed by atoms with Crippen molar-refractivity contribution in [3.63, 3.8) is 0 Å². The maximum absolute atomic E-state index is 10.1. The molecule has 4 N–H and O–H groups in total. The van der Waals surface area contributed by atoms with Crippen LogP contribution in [-0.2, 0) is 9.59 Å². The van der Waals surface area contributed by atoms with Gasteiger partial charge in [0.2, 0.25) is 0 Å². The molecule has 0 unspecified atom stereocenters. The second-order valence-electron chi connectivity index (χ2n) is 3.82. The zero-order chi connectivity index (χ0) is 13.5. The first kappa shape index (κ1) is 18.3. The number of carboxylic acids is 2. The zero-order valence-electron chi connectivity index (χ0n) is 10.7. The normalized spacial score (nSPS) is 9.29. The van der Waals surface area contributed by atoms with Gasteiger partial charge in [0.25, 0.3) is 0 Å². The molecule has 0 heterocycles. The zero-order valence-corrected chi connectivity index (χ0v) is 10.7. The molecule has 0 saturated heterocycles. The van der Waals surface area contributed by atoms with E-state index in [0.717, 1.165) is 45.1 Å². The van der Waals surface area contributed by atoms with Gasteiger partial charge in [0.1, 0.15) is 0 Å². The Morgan fingerprint density at radius 1 is 0.824 bits per heavy atom. The molecule has 5 heteroatoms. The van der Waals surface area contributed by atoms with Crippen LogP contribution in [0.4, 0.5) is 0 Å². The molecule has 0 aliphatic rings. The topological polar surface area (TPSA) is 101 Å². The van der Waals surface area contributed by atoms with E-state index in [1.165, 1.54) is 0 Å². The van der Waals surface area contributed by atoms with E-state index < -0.39 is 11.9 Å². The molecular formula is C12H25NO4. The lowest BCUT2D eigenvalue weighted by atomic mass is 10.1. The first-order valence-electron chi connectivity index (χ1n) is 6.18.